The van der Waals surface area contributed by atoms with Gasteiger partial charge in [-0.05, 0) is 84.9 Å². The zero-order valence-corrected chi connectivity index (χ0v) is 23.1. The Kier molecular flexibility index (Phi) is 8.58. The third-order valence-electron chi connectivity index (χ3n) is 6.31. The Morgan fingerprint density at radius 2 is 1.02 bits per heavy atom. The van der Waals surface area contributed by atoms with E-state index in [1.54, 1.807) is 104 Å². The molecular weight excluding hydrogens is 544 g/mol. The molecule has 0 spiro atoms. The van der Waals surface area contributed by atoms with Crippen molar-refractivity contribution in [3.63, 3.8) is 0 Å². The molecule has 0 atom stereocenters. The van der Waals surface area contributed by atoms with Crippen molar-refractivity contribution in [2.45, 2.75) is 0 Å². The maximum Gasteiger partial charge on any atom is 0.255 e. The van der Waals surface area contributed by atoms with Gasteiger partial charge in [-0.15, -0.1) is 0 Å². The first-order valence-electron chi connectivity index (χ1n) is 13.2. The first kappa shape index (κ1) is 28.4. The molecule has 43 heavy (non-hydrogen) atoms. The monoisotopic (exact) mass is 571 g/mol. The SMILES string of the molecule is C[n+]1cccc(NC(=O)c2ccc(NC(=O)c3cccc(C(=O)Nc4ccc(C(=O)Nc5cccnc5)cc4)c3)cc2)c1. The van der Waals surface area contributed by atoms with E-state index in [0.29, 0.717) is 33.9 Å². The molecule has 212 valence electrons. The number of aromatic nitrogens is 2. The van der Waals surface area contributed by atoms with Gasteiger partial charge in [0.15, 0.2) is 12.4 Å². The largest absolute Gasteiger partial charge is 0.322 e. The van der Waals surface area contributed by atoms with Crippen LogP contribution in [0.4, 0.5) is 22.7 Å². The van der Waals surface area contributed by atoms with Crippen molar-refractivity contribution in [1.82, 2.24) is 4.98 Å². The van der Waals surface area contributed by atoms with Crippen LogP contribution in [0.1, 0.15) is 41.4 Å². The van der Waals surface area contributed by atoms with E-state index >= 15 is 0 Å². The fourth-order valence-corrected chi connectivity index (χ4v) is 4.12. The molecule has 0 radical (unpaired) electrons. The highest BCUT2D eigenvalue weighted by Crippen LogP contribution is 2.16. The minimum atomic E-state index is -0.412. The van der Waals surface area contributed by atoms with Crippen LogP contribution in [-0.2, 0) is 7.05 Å². The molecule has 2 heterocycles. The minimum absolute atomic E-state index is 0.273. The highest BCUT2D eigenvalue weighted by molar-refractivity contribution is 6.09. The zero-order valence-electron chi connectivity index (χ0n) is 23.1. The van der Waals surface area contributed by atoms with E-state index in [2.05, 4.69) is 26.3 Å². The van der Waals surface area contributed by atoms with E-state index in [-0.39, 0.29) is 22.9 Å². The lowest BCUT2D eigenvalue weighted by Crippen LogP contribution is -2.27. The van der Waals surface area contributed by atoms with Crippen LogP contribution >= 0.6 is 0 Å². The van der Waals surface area contributed by atoms with Crippen LogP contribution in [0.3, 0.4) is 0 Å². The van der Waals surface area contributed by atoms with E-state index in [1.807, 2.05) is 23.9 Å². The molecule has 0 aliphatic rings. The second kappa shape index (κ2) is 13.0. The summed E-state index contributed by atoms with van der Waals surface area (Å²) in [6.45, 7) is 0. The molecule has 0 saturated heterocycles. The zero-order chi connectivity index (χ0) is 30.2. The summed E-state index contributed by atoms with van der Waals surface area (Å²) < 4.78 is 1.83. The number of amides is 4. The summed E-state index contributed by atoms with van der Waals surface area (Å²) in [5, 5.41) is 11.1. The van der Waals surface area contributed by atoms with E-state index < -0.39 is 11.8 Å². The lowest BCUT2D eigenvalue weighted by atomic mass is 10.1. The van der Waals surface area contributed by atoms with E-state index in [0.717, 1.165) is 0 Å². The Balaban J connectivity index is 1.17. The number of nitrogens with one attached hydrogen (secondary N) is 4. The minimum Gasteiger partial charge on any atom is -0.322 e. The van der Waals surface area contributed by atoms with Crippen molar-refractivity contribution in [2.24, 2.45) is 7.05 Å². The Labute approximate surface area is 247 Å². The summed E-state index contributed by atoms with van der Waals surface area (Å²) in [6.07, 6.45) is 6.82. The predicted molar refractivity (Wildman–Crippen MR) is 163 cm³/mol. The lowest BCUT2D eigenvalue weighted by Gasteiger charge is -2.10. The smallest absolute Gasteiger partial charge is 0.255 e. The maximum absolute atomic E-state index is 12.9. The summed E-state index contributed by atoms with van der Waals surface area (Å²) in [5.41, 5.74) is 3.65. The van der Waals surface area contributed by atoms with Gasteiger partial charge in [0.05, 0.1) is 11.9 Å². The van der Waals surface area contributed by atoms with Crippen LogP contribution in [-0.4, -0.2) is 28.6 Å². The number of nitrogens with zero attached hydrogens (tertiary/aromatic N) is 2. The van der Waals surface area contributed by atoms with E-state index in [1.165, 1.54) is 6.07 Å². The summed E-state index contributed by atoms with van der Waals surface area (Å²) in [7, 11) is 1.86. The fraction of sp³-hybridized carbons (Fsp3) is 0.0303. The number of anilines is 4. The van der Waals surface area contributed by atoms with Gasteiger partial charge in [0.1, 0.15) is 12.7 Å². The van der Waals surface area contributed by atoms with Crippen molar-refractivity contribution in [3.05, 3.63) is 144 Å². The topological polar surface area (TPSA) is 133 Å². The van der Waals surface area contributed by atoms with Gasteiger partial charge in [-0.1, -0.05) is 6.07 Å². The predicted octanol–water partition coefficient (Wildman–Crippen LogP) is 4.92. The quantitative estimate of drug-likeness (QED) is 0.196. The Bertz CT molecular complexity index is 1790. The van der Waals surface area contributed by atoms with Crippen molar-refractivity contribution in [3.8, 4) is 0 Å². The van der Waals surface area contributed by atoms with Crippen LogP contribution < -0.4 is 25.8 Å². The van der Waals surface area contributed by atoms with Gasteiger partial charge >= 0.3 is 0 Å². The van der Waals surface area contributed by atoms with Crippen LogP contribution in [0, 0.1) is 0 Å². The number of benzene rings is 3. The molecule has 0 bridgehead atoms. The molecule has 0 aliphatic heterocycles. The third kappa shape index (κ3) is 7.53. The molecule has 0 unspecified atom stereocenters. The molecule has 0 aliphatic carbocycles. The van der Waals surface area contributed by atoms with E-state index in [4.69, 9.17) is 0 Å². The third-order valence-corrected chi connectivity index (χ3v) is 6.31. The Morgan fingerprint density at radius 3 is 1.53 bits per heavy atom. The van der Waals surface area contributed by atoms with Crippen LogP contribution in [0.5, 0.6) is 0 Å². The summed E-state index contributed by atoms with van der Waals surface area (Å²) in [4.78, 5) is 54.8. The van der Waals surface area contributed by atoms with Gasteiger partial charge in [0, 0.05) is 45.9 Å². The number of carbonyl (C=O) groups is 4. The number of carbonyl (C=O) groups excluding carboxylic acids is 4. The molecular formula is C33H27N6O4+. The highest BCUT2D eigenvalue weighted by atomic mass is 16.2. The average Bonchev–Trinajstić information content (AvgIpc) is 3.02. The van der Waals surface area contributed by atoms with Gasteiger partial charge in [-0.3, -0.25) is 24.2 Å². The van der Waals surface area contributed by atoms with E-state index in [9.17, 15) is 19.2 Å². The van der Waals surface area contributed by atoms with Gasteiger partial charge < -0.3 is 21.3 Å². The summed E-state index contributed by atoms with van der Waals surface area (Å²) >= 11 is 0. The molecule has 10 nitrogen and oxygen atoms in total. The first-order valence-corrected chi connectivity index (χ1v) is 13.2. The van der Waals surface area contributed by atoms with Crippen molar-refractivity contribution in [1.29, 1.82) is 0 Å². The van der Waals surface area contributed by atoms with Crippen LogP contribution in [0.2, 0.25) is 0 Å². The number of hydrogen-bond acceptors (Lipinski definition) is 5. The summed E-state index contributed by atoms with van der Waals surface area (Å²) in [6, 6.07) is 26.3. The fourth-order valence-electron chi connectivity index (χ4n) is 4.12. The van der Waals surface area contributed by atoms with Gasteiger partial charge in [0.2, 0.25) is 0 Å². The second-order valence-corrected chi connectivity index (χ2v) is 9.55. The molecule has 0 saturated carbocycles. The molecule has 5 rings (SSSR count). The second-order valence-electron chi connectivity index (χ2n) is 9.55. The molecule has 3 aromatic carbocycles. The number of pyridine rings is 2. The van der Waals surface area contributed by atoms with Gasteiger partial charge in [-0.25, -0.2) is 4.57 Å². The van der Waals surface area contributed by atoms with Gasteiger partial charge in [-0.2, -0.15) is 0 Å². The number of rotatable bonds is 8. The first-order chi connectivity index (χ1) is 20.8. The Morgan fingerprint density at radius 1 is 0.535 bits per heavy atom. The van der Waals surface area contributed by atoms with Gasteiger partial charge in [0.25, 0.3) is 23.6 Å². The lowest BCUT2D eigenvalue weighted by molar-refractivity contribution is -0.670. The number of hydrogen-bond donors (Lipinski definition) is 4. The highest BCUT2D eigenvalue weighted by Gasteiger charge is 2.13. The molecule has 4 amide bonds. The number of aryl methyl sites for hydroxylation is 1. The van der Waals surface area contributed by atoms with Crippen LogP contribution in [0.25, 0.3) is 0 Å². The van der Waals surface area contributed by atoms with Crippen LogP contribution in [0.15, 0.2) is 122 Å². The summed E-state index contributed by atoms with van der Waals surface area (Å²) in [5.74, 6) is -1.40. The van der Waals surface area contributed by atoms with Crippen molar-refractivity contribution < 1.29 is 23.7 Å². The molecule has 10 heteroatoms. The van der Waals surface area contributed by atoms with Crippen molar-refractivity contribution in [2.75, 3.05) is 21.3 Å². The maximum atomic E-state index is 12.9. The standard InChI is InChI=1S/C33H26N6O4/c1-39-18-4-8-29(21-39)38-31(41)23-11-15-27(16-12-23)36-33(43)25-6-2-5-24(19-25)32(42)35-26-13-9-22(10-14-26)30(40)37-28-7-3-17-34-20-28/h2-21H,1H3,(H3-,35,36,37,38,40,41,42,43)/p+1. The average molecular weight is 572 g/mol. The normalized spacial score (nSPS) is 10.3. The molecule has 0 fully saturated rings. The molecule has 4 N–H and O–H groups in total. The van der Waals surface area contributed by atoms with Crippen molar-refractivity contribution >= 4 is 46.4 Å². The Hall–Kier alpha value is -6.16. The molecule has 5 aromatic rings. The molecule has 2 aromatic heterocycles.